The van der Waals surface area contributed by atoms with Gasteiger partial charge >= 0.3 is 0 Å². The van der Waals surface area contributed by atoms with E-state index in [1.54, 1.807) is 20.3 Å². The van der Waals surface area contributed by atoms with Gasteiger partial charge in [0.05, 0.1) is 25.6 Å². The van der Waals surface area contributed by atoms with Crippen molar-refractivity contribution in [2.24, 2.45) is 0 Å². The van der Waals surface area contributed by atoms with Crippen molar-refractivity contribution < 1.29 is 13.9 Å². The van der Waals surface area contributed by atoms with E-state index in [1.165, 1.54) is 17.2 Å². The molecule has 6 aromatic rings. The first-order valence-corrected chi connectivity index (χ1v) is 14.6. The molecule has 0 spiro atoms. The molecule has 6 rings (SSSR count). The Balaban J connectivity index is 1.70. The van der Waals surface area contributed by atoms with Gasteiger partial charge in [0.15, 0.2) is 0 Å². The molecule has 0 bridgehead atoms. The Morgan fingerprint density at radius 2 is 0.977 bits per heavy atom. The molecule has 4 nitrogen and oxygen atoms in total. The molecular weight excluding hydrogens is 547 g/mol. The van der Waals surface area contributed by atoms with E-state index in [-0.39, 0.29) is 5.82 Å². The summed E-state index contributed by atoms with van der Waals surface area (Å²) in [5.74, 6) is 1.22. The van der Waals surface area contributed by atoms with Gasteiger partial charge in [-0.15, -0.1) is 0 Å². The monoisotopic (exact) mass is 582 g/mol. The lowest BCUT2D eigenvalue weighted by atomic mass is 9.98. The smallest absolute Gasteiger partial charge is 0.123 e. The minimum atomic E-state index is -0.282. The lowest BCUT2D eigenvalue weighted by Gasteiger charge is -2.32. The molecule has 5 heteroatoms. The van der Waals surface area contributed by atoms with Gasteiger partial charge in [0.2, 0.25) is 0 Å². The number of nitrogens with zero attached hydrogens (tertiary/aromatic N) is 2. The summed E-state index contributed by atoms with van der Waals surface area (Å²) in [5.41, 5.74) is 8.96. The number of anilines is 6. The third kappa shape index (κ3) is 5.57. The second-order valence-corrected chi connectivity index (χ2v) is 11.0. The highest BCUT2D eigenvalue weighted by atomic mass is 19.1. The standard InChI is InChI=1S/C39H35FN2O2/c1-26-12-17-30(18-13-26)41(32-8-6-10-34(23-32)43-4)38-25-39(36-21-16-29(40)22-37(36)28(38)3)42(31-19-14-27(2)15-20-31)33-9-7-11-35(24-33)44-5/h6-25H,1-5H3. The normalized spacial score (nSPS) is 11.0. The molecule has 0 atom stereocenters. The number of methoxy groups -OCH3 is 2. The third-order valence-corrected chi connectivity index (χ3v) is 8.01. The van der Waals surface area contributed by atoms with Crippen LogP contribution in [0.4, 0.5) is 38.5 Å². The highest BCUT2D eigenvalue weighted by Crippen LogP contribution is 2.47. The van der Waals surface area contributed by atoms with Crippen molar-refractivity contribution in [3.8, 4) is 11.5 Å². The number of rotatable bonds is 8. The van der Waals surface area contributed by atoms with Crippen LogP contribution in [0.5, 0.6) is 11.5 Å². The molecule has 0 saturated carbocycles. The molecule has 6 aromatic carbocycles. The van der Waals surface area contributed by atoms with E-state index in [0.717, 1.165) is 62.0 Å². The Labute approximate surface area is 258 Å². The average Bonchev–Trinajstić information content (AvgIpc) is 3.05. The summed E-state index contributed by atoms with van der Waals surface area (Å²) in [5, 5.41) is 1.77. The topological polar surface area (TPSA) is 24.9 Å². The quantitative estimate of drug-likeness (QED) is 0.178. The molecule has 0 unspecified atom stereocenters. The van der Waals surface area contributed by atoms with Crippen molar-refractivity contribution in [3.05, 3.63) is 144 Å². The maximum absolute atomic E-state index is 15.0. The number of aryl methyl sites for hydroxylation is 3. The number of hydrogen-bond acceptors (Lipinski definition) is 4. The van der Waals surface area contributed by atoms with Crippen LogP contribution in [0.1, 0.15) is 16.7 Å². The van der Waals surface area contributed by atoms with E-state index in [1.807, 2.05) is 42.5 Å². The molecule has 220 valence electrons. The van der Waals surface area contributed by atoms with E-state index in [9.17, 15) is 0 Å². The summed E-state index contributed by atoms with van der Waals surface area (Å²) in [6, 6.07) is 40.2. The maximum atomic E-state index is 15.0. The minimum absolute atomic E-state index is 0.282. The fraction of sp³-hybridized carbons (Fsp3) is 0.128. The molecule has 44 heavy (non-hydrogen) atoms. The van der Waals surface area contributed by atoms with Crippen molar-refractivity contribution in [2.75, 3.05) is 24.0 Å². The van der Waals surface area contributed by atoms with E-state index >= 15 is 4.39 Å². The highest BCUT2D eigenvalue weighted by Gasteiger charge is 2.23. The molecule has 0 fully saturated rings. The molecular formula is C39H35FN2O2. The second-order valence-electron chi connectivity index (χ2n) is 11.0. The first-order chi connectivity index (χ1) is 21.4. The van der Waals surface area contributed by atoms with Crippen molar-refractivity contribution in [1.29, 1.82) is 0 Å². The van der Waals surface area contributed by atoms with Crippen molar-refractivity contribution >= 4 is 44.9 Å². The fourth-order valence-corrected chi connectivity index (χ4v) is 5.66. The maximum Gasteiger partial charge on any atom is 0.123 e. The van der Waals surface area contributed by atoms with E-state index in [4.69, 9.17) is 9.47 Å². The number of benzene rings is 6. The Morgan fingerprint density at radius 3 is 1.48 bits per heavy atom. The number of fused-ring (bicyclic) bond motifs is 1. The Hall–Kier alpha value is -5.29. The zero-order valence-electron chi connectivity index (χ0n) is 25.6. The van der Waals surface area contributed by atoms with Crippen LogP contribution in [0.3, 0.4) is 0 Å². The summed E-state index contributed by atoms with van der Waals surface area (Å²) in [4.78, 5) is 4.42. The number of hydrogen-bond donors (Lipinski definition) is 0. The van der Waals surface area contributed by atoms with Crippen LogP contribution in [0.25, 0.3) is 10.8 Å². The van der Waals surface area contributed by atoms with Crippen LogP contribution in [0.15, 0.2) is 121 Å². The van der Waals surface area contributed by atoms with Crippen LogP contribution in [-0.2, 0) is 0 Å². The Morgan fingerprint density at radius 1 is 0.477 bits per heavy atom. The minimum Gasteiger partial charge on any atom is -0.497 e. The summed E-state index contributed by atoms with van der Waals surface area (Å²) in [7, 11) is 3.34. The SMILES string of the molecule is COc1cccc(N(c2ccc(C)cc2)c2cc(N(c3ccc(C)cc3)c3cccc(OC)c3)c3ccc(F)cc3c2C)c1. The van der Waals surface area contributed by atoms with E-state index in [2.05, 4.69) is 97.3 Å². The van der Waals surface area contributed by atoms with Crippen molar-refractivity contribution in [2.45, 2.75) is 20.8 Å². The molecule has 0 radical (unpaired) electrons. The van der Waals surface area contributed by atoms with Crippen molar-refractivity contribution in [3.63, 3.8) is 0 Å². The van der Waals surface area contributed by atoms with Crippen LogP contribution < -0.4 is 19.3 Å². The molecule has 0 aliphatic heterocycles. The lowest BCUT2D eigenvalue weighted by Crippen LogP contribution is -2.15. The van der Waals surface area contributed by atoms with E-state index in [0.29, 0.717) is 0 Å². The molecule has 0 aliphatic carbocycles. The zero-order valence-corrected chi connectivity index (χ0v) is 25.6. The summed E-state index contributed by atoms with van der Waals surface area (Å²) in [6.45, 7) is 6.22. The van der Waals surface area contributed by atoms with Gasteiger partial charge in [0.25, 0.3) is 0 Å². The van der Waals surface area contributed by atoms with Crippen molar-refractivity contribution in [1.82, 2.24) is 0 Å². The van der Waals surface area contributed by atoms with Gasteiger partial charge in [-0.2, -0.15) is 0 Å². The molecule has 0 saturated heterocycles. The third-order valence-electron chi connectivity index (χ3n) is 8.01. The van der Waals surface area contributed by atoms with E-state index < -0.39 is 0 Å². The van der Waals surface area contributed by atoms with Gasteiger partial charge in [-0.05, 0) is 105 Å². The summed E-state index contributed by atoms with van der Waals surface area (Å²) >= 11 is 0. The number of halogens is 1. The van der Waals surface area contributed by atoms with Crippen LogP contribution in [0, 0.1) is 26.6 Å². The van der Waals surface area contributed by atoms with Crippen LogP contribution >= 0.6 is 0 Å². The molecule has 0 amide bonds. The van der Waals surface area contributed by atoms with Crippen LogP contribution in [-0.4, -0.2) is 14.2 Å². The molecule has 0 N–H and O–H groups in total. The van der Waals surface area contributed by atoms with Gasteiger partial charge in [0.1, 0.15) is 17.3 Å². The predicted octanol–water partition coefficient (Wildman–Crippen LogP) is 10.9. The van der Waals surface area contributed by atoms with Gasteiger partial charge < -0.3 is 19.3 Å². The molecule has 0 aromatic heterocycles. The zero-order chi connectivity index (χ0) is 30.8. The lowest BCUT2D eigenvalue weighted by molar-refractivity contribution is 0.415. The molecule has 0 heterocycles. The van der Waals surface area contributed by atoms with Gasteiger partial charge in [-0.25, -0.2) is 4.39 Å². The first kappa shape index (κ1) is 28.8. The summed E-state index contributed by atoms with van der Waals surface area (Å²) < 4.78 is 26.3. The van der Waals surface area contributed by atoms with Gasteiger partial charge in [-0.1, -0.05) is 47.5 Å². The Kier molecular flexibility index (Phi) is 7.95. The Bertz CT molecular complexity index is 1930. The van der Waals surface area contributed by atoms with Crippen LogP contribution in [0.2, 0.25) is 0 Å². The van der Waals surface area contributed by atoms with Gasteiger partial charge in [-0.3, -0.25) is 0 Å². The average molecular weight is 583 g/mol. The molecule has 0 aliphatic rings. The second kappa shape index (κ2) is 12.1. The fourth-order valence-electron chi connectivity index (χ4n) is 5.66. The number of ether oxygens (including phenoxy) is 2. The largest absolute Gasteiger partial charge is 0.497 e. The predicted molar refractivity (Wildman–Crippen MR) is 181 cm³/mol. The van der Waals surface area contributed by atoms with Gasteiger partial charge in [0, 0.05) is 40.3 Å². The summed E-state index contributed by atoms with van der Waals surface area (Å²) in [6.07, 6.45) is 0. The highest BCUT2D eigenvalue weighted by molar-refractivity contribution is 6.05. The first-order valence-electron chi connectivity index (χ1n) is 14.6.